The summed E-state index contributed by atoms with van der Waals surface area (Å²) in [7, 11) is 0. The number of para-hydroxylation sites is 1. The van der Waals surface area contributed by atoms with Crippen LogP contribution in [0.3, 0.4) is 0 Å². The van der Waals surface area contributed by atoms with Crippen LogP contribution in [-0.2, 0) is 9.59 Å². The third-order valence-electron chi connectivity index (χ3n) is 4.56. The van der Waals surface area contributed by atoms with E-state index in [0.29, 0.717) is 16.9 Å². The number of hydrogen-bond acceptors (Lipinski definition) is 3. The Morgan fingerprint density at radius 2 is 1.55 bits per heavy atom. The van der Waals surface area contributed by atoms with Crippen molar-refractivity contribution in [2.45, 2.75) is 13.0 Å². The molecule has 0 aliphatic carbocycles. The molecule has 3 aromatic rings. The lowest BCUT2D eigenvalue weighted by Crippen LogP contribution is -2.46. The largest absolute Gasteiger partial charge is 0.480 e. The fourth-order valence-electron chi connectivity index (χ4n) is 3.15. The first-order valence-corrected chi connectivity index (χ1v) is 9.71. The van der Waals surface area contributed by atoms with Crippen LogP contribution >= 0.6 is 0 Å². The highest BCUT2D eigenvalue weighted by atomic mass is 16.4. The summed E-state index contributed by atoms with van der Waals surface area (Å²) in [5, 5.41) is 14.8. The second-order valence-corrected chi connectivity index (χ2v) is 6.97. The van der Waals surface area contributed by atoms with Crippen LogP contribution in [0.2, 0.25) is 0 Å². The van der Waals surface area contributed by atoms with Crippen LogP contribution < -0.4 is 15.5 Å². The fraction of sp³-hybridized carbons (Fsp3) is 0.125. The highest BCUT2D eigenvalue weighted by molar-refractivity contribution is 6.03. The number of carbonyl (C=O) groups excluding carboxylic acids is 2. The molecule has 0 saturated heterocycles. The SMILES string of the molecule is Cc1cccc(NC(=O)NC(C(=O)N(CC(=O)O)c2ccccc2)c2ccccc2)c1. The molecule has 7 nitrogen and oxygen atoms in total. The zero-order chi connectivity index (χ0) is 22.2. The summed E-state index contributed by atoms with van der Waals surface area (Å²) in [5.41, 5.74) is 2.53. The van der Waals surface area contributed by atoms with Crippen LogP contribution in [-0.4, -0.2) is 29.6 Å². The van der Waals surface area contributed by atoms with Crippen LogP contribution in [0.1, 0.15) is 17.2 Å². The summed E-state index contributed by atoms with van der Waals surface area (Å²) in [6.45, 7) is 1.37. The number of amides is 3. The van der Waals surface area contributed by atoms with Crippen LogP contribution in [0.15, 0.2) is 84.9 Å². The van der Waals surface area contributed by atoms with Gasteiger partial charge in [0.15, 0.2) is 0 Å². The molecule has 3 rings (SSSR count). The second-order valence-electron chi connectivity index (χ2n) is 6.97. The number of nitrogens with one attached hydrogen (secondary N) is 2. The van der Waals surface area contributed by atoms with Crippen LogP contribution in [0.25, 0.3) is 0 Å². The van der Waals surface area contributed by atoms with Crippen molar-refractivity contribution in [3.8, 4) is 0 Å². The number of hydrogen-bond donors (Lipinski definition) is 3. The Balaban J connectivity index is 1.89. The number of urea groups is 1. The zero-order valence-electron chi connectivity index (χ0n) is 17.0. The molecule has 3 N–H and O–H groups in total. The van der Waals surface area contributed by atoms with Crippen molar-refractivity contribution in [1.29, 1.82) is 0 Å². The van der Waals surface area contributed by atoms with Gasteiger partial charge in [-0.25, -0.2) is 4.79 Å². The summed E-state index contributed by atoms with van der Waals surface area (Å²) in [4.78, 5) is 38.7. The smallest absolute Gasteiger partial charge is 0.323 e. The van der Waals surface area contributed by atoms with Crippen molar-refractivity contribution in [2.75, 3.05) is 16.8 Å². The number of carbonyl (C=O) groups is 3. The van der Waals surface area contributed by atoms with Crippen molar-refractivity contribution in [3.63, 3.8) is 0 Å². The molecular weight excluding hydrogens is 394 g/mol. The van der Waals surface area contributed by atoms with E-state index < -0.39 is 30.5 Å². The molecule has 3 amide bonds. The van der Waals surface area contributed by atoms with Crippen molar-refractivity contribution in [3.05, 3.63) is 96.1 Å². The Labute approximate surface area is 180 Å². The molecule has 1 unspecified atom stereocenters. The Morgan fingerprint density at radius 1 is 0.903 bits per heavy atom. The van der Waals surface area contributed by atoms with E-state index in [0.717, 1.165) is 10.5 Å². The summed E-state index contributed by atoms with van der Waals surface area (Å²) in [5.74, 6) is -1.72. The van der Waals surface area contributed by atoms with E-state index in [-0.39, 0.29) is 0 Å². The molecule has 3 aromatic carbocycles. The van der Waals surface area contributed by atoms with E-state index in [4.69, 9.17) is 0 Å². The van der Waals surface area contributed by atoms with Crippen molar-refractivity contribution in [1.82, 2.24) is 5.32 Å². The predicted octanol–water partition coefficient (Wildman–Crippen LogP) is 3.98. The molecular formula is C24H23N3O4. The minimum Gasteiger partial charge on any atom is -0.480 e. The first-order chi connectivity index (χ1) is 14.9. The molecule has 0 aliphatic heterocycles. The fourth-order valence-corrected chi connectivity index (χ4v) is 3.15. The monoisotopic (exact) mass is 417 g/mol. The molecule has 1 atom stereocenters. The van der Waals surface area contributed by atoms with Gasteiger partial charge in [-0.3, -0.25) is 14.5 Å². The lowest BCUT2D eigenvalue weighted by molar-refractivity contribution is -0.136. The highest BCUT2D eigenvalue weighted by Crippen LogP contribution is 2.22. The van der Waals surface area contributed by atoms with E-state index in [9.17, 15) is 19.5 Å². The van der Waals surface area contributed by atoms with Crippen molar-refractivity contribution < 1.29 is 19.5 Å². The number of rotatable bonds is 7. The number of carboxylic acid groups (broad SMARTS) is 1. The number of aliphatic carboxylic acids is 1. The van der Waals surface area contributed by atoms with Gasteiger partial charge in [-0.1, -0.05) is 60.7 Å². The highest BCUT2D eigenvalue weighted by Gasteiger charge is 2.29. The number of anilines is 2. The van der Waals surface area contributed by atoms with Gasteiger partial charge in [-0.2, -0.15) is 0 Å². The molecule has 7 heteroatoms. The summed E-state index contributed by atoms with van der Waals surface area (Å²) >= 11 is 0. The van der Waals surface area contributed by atoms with Crippen LogP contribution in [0.5, 0.6) is 0 Å². The Kier molecular flexibility index (Phi) is 7.01. The quantitative estimate of drug-likeness (QED) is 0.542. The van der Waals surface area contributed by atoms with Gasteiger partial charge >= 0.3 is 12.0 Å². The number of benzene rings is 3. The molecule has 0 bridgehead atoms. The van der Waals surface area contributed by atoms with Gasteiger partial charge in [0.25, 0.3) is 5.91 Å². The van der Waals surface area contributed by atoms with E-state index in [1.807, 2.05) is 19.1 Å². The molecule has 0 fully saturated rings. The molecule has 31 heavy (non-hydrogen) atoms. The molecule has 0 aliphatic rings. The van der Waals surface area contributed by atoms with Crippen molar-refractivity contribution >= 4 is 29.3 Å². The Hall–Kier alpha value is -4.13. The molecule has 0 saturated carbocycles. The first kappa shape index (κ1) is 21.6. The van der Waals surface area contributed by atoms with Gasteiger partial charge in [0.1, 0.15) is 12.6 Å². The van der Waals surface area contributed by atoms with Gasteiger partial charge in [0, 0.05) is 11.4 Å². The molecule has 158 valence electrons. The first-order valence-electron chi connectivity index (χ1n) is 9.71. The minimum absolute atomic E-state index is 0.428. The summed E-state index contributed by atoms with van der Waals surface area (Å²) in [6.07, 6.45) is 0. The third-order valence-corrected chi connectivity index (χ3v) is 4.56. The third kappa shape index (κ3) is 5.93. The van der Waals surface area contributed by atoms with E-state index in [2.05, 4.69) is 10.6 Å². The second kappa shape index (κ2) is 10.1. The standard InChI is InChI=1S/C24H23N3O4/c1-17-9-8-12-19(15-17)25-24(31)26-22(18-10-4-2-5-11-18)23(30)27(16-21(28)29)20-13-6-3-7-14-20/h2-15,22H,16H2,1H3,(H,28,29)(H2,25,26,31). The van der Waals surface area contributed by atoms with E-state index in [1.54, 1.807) is 72.8 Å². The minimum atomic E-state index is -1.16. The predicted molar refractivity (Wildman–Crippen MR) is 119 cm³/mol. The van der Waals surface area contributed by atoms with E-state index in [1.165, 1.54) is 0 Å². The number of aryl methyl sites for hydroxylation is 1. The van der Waals surface area contributed by atoms with E-state index >= 15 is 0 Å². The summed E-state index contributed by atoms with van der Waals surface area (Å²) < 4.78 is 0. The van der Waals surface area contributed by atoms with Crippen LogP contribution in [0, 0.1) is 6.92 Å². The average Bonchev–Trinajstić information content (AvgIpc) is 2.76. The van der Waals surface area contributed by atoms with Crippen molar-refractivity contribution in [2.24, 2.45) is 0 Å². The number of carboxylic acids is 1. The lowest BCUT2D eigenvalue weighted by Gasteiger charge is -2.27. The lowest BCUT2D eigenvalue weighted by atomic mass is 10.1. The zero-order valence-corrected chi connectivity index (χ0v) is 17.0. The van der Waals surface area contributed by atoms with Gasteiger partial charge < -0.3 is 15.7 Å². The molecule has 0 spiro atoms. The topological polar surface area (TPSA) is 98.7 Å². The molecule has 0 radical (unpaired) electrons. The van der Waals surface area contributed by atoms with Gasteiger partial charge in [0.05, 0.1) is 0 Å². The molecule has 0 heterocycles. The van der Waals surface area contributed by atoms with Gasteiger partial charge in [-0.15, -0.1) is 0 Å². The Morgan fingerprint density at radius 3 is 2.16 bits per heavy atom. The van der Waals surface area contributed by atoms with Gasteiger partial charge in [-0.05, 0) is 42.3 Å². The maximum atomic E-state index is 13.4. The van der Waals surface area contributed by atoms with Gasteiger partial charge in [0.2, 0.25) is 0 Å². The number of nitrogens with zero attached hydrogens (tertiary/aromatic N) is 1. The summed E-state index contributed by atoms with van der Waals surface area (Å²) in [6, 6.07) is 22.8. The normalized spacial score (nSPS) is 11.3. The van der Waals surface area contributed by atoms with Crippen LogP contribution in [0.4, 0.5) is 16.2 Å². The maximum absolute atomic E-state index is 13.4. The average molecular weight is 417 g/mol. The molecule has 0 aromatic heterocycles. The Bertz CT molecular complexity index is 1050. The maximum Gasteiger partial charge on any atom is 0.323 e.